The van der Waals surface area contributed by atoms with Crippen molar-refractivity contribution in [1.29, 1.82) is 0 Å². The number of aliphatic hydroxyl groups is 1. The molecular formula is C17H29N5O. The Morgan fingerprint density at radius 3 is 2.39 bits per heavy atom. The van der Waals surface area contributed by atoms with Crippen LogP contribution in [0.5, 0.6) is 0 Å². The van der Waals surface area contributed by atoms with Crippen molar-refractivity contribution < 1.29 is 5.11 Å². The minimum atomic E-state index is -0.962. The van der Waals surface area contributed by atoms with Crippen LogP contribution in [-0.2, 0) is 18.2 Å². The van der Waals surface area contributed by atoms with Gasteiger partial charge in [-0.2, -0.15) is 10.2 Å². The van der Waals surface area contributed by atoms with Crippen LogP contribution in [0.15, 0.2) is 18.6 Å². The predicted molar refractivity (Wildman–Crippen MR) is 91.2 cm³/mol. The van der Waals surface area contributed by atoms with E-state index in [1.165, 1.54) is 0 Å². The molecule has 2 heterocycles. The van der Waals surface area contributed by atoms with Crippen LogP contribution in [0.3, 0.4) is 0 Å². The van der Waals surface area contributed by atoms with E-state index in [1.807, 2.05) is 24.9 Å². The molecule has 0 aromatic carbocycles. The Balaban J connectivity index is 2.08. The van der Waals surface area contributed by atoms with Crippen LogP contribution in [-0.4, -0.2) is 31.2 Å². The number of hydrogen-bond donors (Lipinski definition) is 2. The molecule has 0 radical (unpaired) electrons. The minimum absolute atomic E-state index is 0.0378. The van der Waals surface area contributed by atoms with Crippen molar-refractivity contribution in [2.24, 2.45) is 7.05 Å². The standard InChI is InChI=1S/C17H29N5O/c1-12(15-10-22(16(3,4)5)20-13(15)2)18-11-17(6,23)14-8-19-21(7)9-14/h8-10,12,18,23H,11H2,1-7H3. The zero-order valence-electron chi connectivity index (χ0n) is 15.3. The van der Waals surface area contributed by atoms with Gasteiger partial charge in [-0.3, -0.25) is 9.36 Å². The zero-order valence-corrected chi connectivity index (χ0v) is 15.3. The average molecular weight is 319 g/mol. The predicted octanol–water partition coefficient (Wildman–Crippen LogP) is 2.24. The normalized spacial score (nSPS) is 16.3. The summed E-state index contributed by atoms with van der Waals surface area (Å²) in [7, 11) is 1.85. The molecule has 2 N–H and O–H groups in total. The third kappa shape index (κ3) is 4.00. The van der Waals surface area contributed by atoms with Gasteiger partial charge in [-0.25, -0.2) is 0 Å². The monoisotopic (exact) mass is 319 g/mol. The highest BCUT2D eigenvalue weighted by Gasteiger charge is 2.26. The largest absolute Gasteiger partial charge is 0.384 e. The Labute approximate surface area is 138 Å². The van der Waals surface area contributed by atoms with Crippen LogP contribution in [0.4, 0.5) is 0 Å². The summed E-state index contributed by atoms with van der Waals surface area (Å²) >= 11 is 0. The van der Waals surface area contributed by atoms with Crippen molar-refractivity contribution in [1.82, 2.24) is 24.9 Å². The smallest absolute Gasteiger partial charge is 0.102 e. The van der Waals surface area contributed by atoms with E-state index in [1.54, 1.807) is 17.8 Å². The molecule has 23 heavy (non-hydrogen) atoms. The Morgan fingerprint density at radius 1 is 1.26 bits per heavy atom. The van der Waals surface area contributed by atoms with Gasteiger partial charge in [0.05, 0.1) is 17.4 Å². The second-order valence-corrected chi connectivity index (χ2v) is 7.56. The first-order valence-electron chi connectivity index (χ1n) is 8.02. The van der Waals surface area contributed by atoms with Crippen LogP contribution < -0.4 is 5.32 Å². The van der Waals surface area contributed by atoms with Gasteiger partial charge in [0.25, 0.3) is 0 Å². The van der Waals surface area contributed by atoms with Crippen molar-refractivity contribution in [2.45, 2.75) is 58.7 Å². The number of rotatable bonds is 5. The Kier molecular flexibility index (Phi) is 4.69. The number of nitrogens with zero attached hydrogens (tertiary/aromatic N) is 4. The third-order valence-corrected chi connectivity index (χ3v) is 4.17. The fourth-order valence-corrected chi connectivity index (χ4v) is 2.51. The molecule has 6 nitrogen and oxygen atoms in total. The molecule has 0 saturated carbocycles. The number of aromatic nitrogens is 4. The van der Waals surface area contributed by atoms with E-state index in [0.29, 0.717) is 6.54 Å². The molecule has 0 aliphatic rings. The van der Waals surface area contributed by atoms with Crippen LogP contribution >= 0.6 is 0 Å². The first kappa shape index (κ1) is 17.7. The molecule has 128 valence electrons. The van der Waals surface area contributed by atoms with Crippen LogP contribution in [0.25, 0.3) is 0 Å². The van der Waals surface area contributed by atoms with Crippen molar-refractivity contribution in [3.05, 3.63) is 35.4 Å². The third-order valence-electron chi connectivity index (χ3n) is 4.17. The Bertz CT molecular complexity index is 663. The topological polar surface area (TPSA) is 67.9 Å². The molecule has 2 unspecified atom stereocenters. The lowest BCUT2D eigenvalue weighted by atomic mass is 9.98. The van der Waals surface area contributed by atoms with E-state index >= 15 is 0 Å². The van der Waals surface area contributed by atoms with Gasteiger partial charge in [0.1, 0.15) is 5.60 Å². The molecule has 2 aromatic rings. The molecular weight excluding hydrogens is 290 g/mol. The lowest BCUT2D eigenvalue weighted by molar-refractivity contribution is 0.0542. The van der Waals surface area contributed by atoms with Crippen molar-refractivity contribution in [2.75, 3.05) is 6.54 Å². The molecule has 6 heteroatoms. The summed E-state index contributed by atoms with van der Waals surface area (Å²) in [5, 5.41) is 22.8. The maximum atomic E-state index is 10.7. The first-order valence-corrected chi connectivity index (χ1v) is 8.02. The molecule has 0 aliphatic heterocycles. The molecule has 0 aliphatic carbocycles. The molecule has 2 rings (SSSR count). The first-order chi connectivity index (χ1) is 10.5. The van der Waals surface area contributed by atoms with Gasteiger partial charge in [-0.05, 0) is 41.5 Å². The molecule has 0 spiro atoms. The highest BCUT2D eigenvalue weighted by molar-refractivity contribution is 5.21. The van der Waals surface area contributed by atoms with E-state index in [9.17, 15) is 5.11 Å². The van der Waals surface area contributed by atoms with E-state index in [2.05, 4.69) is 49.4 Å². The molecule has 0 amide bonds. The highest BCUT2D eigenvalue weighted by Crippen LogP contribution is 2.23. The van der Waals surface area contributed by atoms with Crippen molar-refractivity contribution in [3.63, 3.8) is 0 Å². The van der Waals surface area contributed by atoms with Crippen LogP contribution in [0.2, 0.25) is 0 Å². The lowest BCUT2D eigenvalue weighted by Crippen LogP contribution is -2.36. The van der Waals surface area contributed by atoms with Gasteiger partial charge in [0.2, 0.25) is 0 Å². The number of hydrogen-bond acceptors (Lipinski definition) is 4. The minimum Gasteiger partial charge on any atom is -0.384 e. The SMILES string of the molecule is Cc1nn(C(C)(C)C)cc1C(C)NCC(C)(O)c1cnn(C)c1. The van der Waals surface area contributed by atoms with E-state index in [0.717, 1.165) is 16.8 Å². The Hall–Kier alpha value is -1.66. The van der Waals surface area contributed by atoms with Crippen molar-refractivity contribution >= 4 is 0 Å². The van der Waals surface area contributed by atoms with Gasteiger partial charge in [0.15, 0.2) is 0 Å². The lowest BCUT2D eigenvalue weighted by Gasteiger charge is -2.25. The van der Waals surface area contributed by atoms with E-state index < -0.39 is 5.60 Å². The number of nitrogens with one attached hydrogen (secondary N) is 1. The highest BCUT2D eigenvalue weighted by atomic mass is 16.3. The molecule has 0 saturated heterocycles. The quantitative estimate of drug-likeness (QED) is 0.887. The molecule has 0 bridgehead atoms. The summed E-state index contributed by atoms with van der Waals surface area (Å²) in [6.07, 6.45) is 5.64. The summed E-state index contributed by atoms with van der Waals surface area (Å²) in [5.74, 6) is 0. The average Bonchev–Trinajstić information content (AvgIpc) is 3.02. The van der Waals surface area contributed by atoms with Crippen LogP contribution in [0.1, 0.15) is 57.5 Å². The number of aryl methyl sites for hydroxylation is 2. The van der Waals surface area contributed by atoms with E-state index in [-0.39, 0.29) is 11.6 Å². The maximum absolute atomic E-state index is 10.7. The summed E-state index contributed by atoms with van der Waals surface area (Å²) in [6, 6.07) is 0.106. The van der Waals surface area contributed by atoms with Gasteiger partial charge in [0, 0.05) is 43.2 Å². The van der Waals surface area contributed by atoms with Crippen LogP contribution in [0, 0.1) is 6.92 Å². The zero-order chi connectivity index (χ0) is 17.4. The molecule has 2 atom stereocenters. The second kappa shape index (κ2) is 6.09. The van der Waals surface area contributed by atoms with Gasteiger partial charge in [-0.15, -0.1) is 0 Å². The fraction of sp³-hybridized carbons (Fsp3) is 0.647. The Morgan fingerprint density at radius 2 is 1.91 bits per heavy atom. The summed E-state index contributed by atoms with van der Waals surface area (Å²) in [5.41, 5.74) is 1.98. The molecule has 2 aromatic heterocycles. The fourth-order valence-electron chi connectivity index (χ4n) is 2.51. The molecule has 0 fully saturated rings. The summed E-state index contributed by atoms with van der Waals surface area (Å²) in [4.78, 5) is 0. The summed E-state index contributed by atoms with van der Waals surface area (Å²) < 4.78 is 3.69. The van der Waals surface area contributed by atoms with Gasteiger partial charge >= 0.3 is 0 Å². The van der Waals surface area contributed by atoms with Crippen molar-refractivity contribution in [3.8, 4) is 0 Å². The summed E-state index contributed by atoms with van der Waals surface area (Å²) in [6.45, 7) is 12.8. The maximum Gasteiger partial charge on any atom is 0.102 e. The van der Waals surface area contributed by atoms with Gasteiger partial charge in [-0.1, -0.05) is 0 Å². The van der Waals surface area contributed by atoms with Gasteiger partial charge < -0.3 is 10.4 Å². The van der Waals surface area contributed by atoms with E-state index in [4.69, 9.17) is 0 Å². The second-order valence-electron chi connectivity index (χ2n) is 7.56.